The summed E-state index contributed by atoms with van der Waals surface area (Å²) in [6.07, 6.45) is 3.12. The molecule has 1 atom stereocenters. The normalized spacial score (nSPS) is 19.9. The van der Waals surface area contributed by atoms with Crippen LogP contribution in [0.5, 0.6) is 0 Å². The van der Waals surface area contributed by atoms with Gasteiger partial charge in [-0.15, -0.1) is 0 Å². The number of aromatic amines is 1. The smallest absolute Gasteiger partial charge is 0.264 e. The maximum Gasteiger partial charge on any atom is 0.264 e. The number of hydrogen-bond acceptors (Lipinski definition) is 3. The first-order chi connectivity index (χ1) is 8.53. The van der Waals surface area contributed by atoms with Crippen molar-refractivity contribution in [1.82, 2.24) is 4.98 Å². The first-order valence-corrected chi connectivity index (χ1v) is 7.81. The summed E-state index contributed by atoms with van der Waals surface area (Å²) in [7, 11) is -3.37. The maximum atomic E-state index is 11.2. The van der Waals surface area contributed by atoms with Crippen LogP contribution in [0.4, 0.5) is 0 Å². The van der Waals surface area contributed by atoms with Gasteiger partial charge in [0.2, 0.25) is 0 Å². The summed E-state index contributed by atoms with van der Waals surface area (Å²) >= 11 is 0. The predicted octanol–water partition coefficient (Wildman–Crippen LogP) is 2.00. The van der Waals surface area contributed by atoms with E-state index in [9.17, 15) is 8.42 Å². The molecule has 1 heterocycles. The highest BCUT2D eigenvalue weighted by Gasteiger charge is 2.25. The highest BCUT2D eigenvalue weighted by Crippen LogP contribution is 2.30. The SMILES string of the molecule is CS(=O)(=O)O[C@H]1CCc2[nH]c3ccccc3c2C1. The Kier molecular flexibility index (Phi) is 2.68. The second-order valence-electron chi connectivity index (χ2n) is 4.79. The average molecular weight is 265 g/mol. The van der Waals surface area contributed by atoms with Crippen molar-refractivity contribution in [3.05, 3.63) is 35.5 Å². The lowest BCUT2D eigenvalue weighted by Gasteiger charge is -2.21. The van der Waals surface area contributed by atoms with Crippen LogP contribution in [0.1, 0.15) is 17.7 Å². The molecule has 0 radical (unpaired) electrons. The molecule has 18 heavy (non-hydrogen) atoms. The molecule has 3 rings (SSSR count). The van der Waals surface area contributed by atoms with Crippen molar-refractivity contribution < 1.29 is 12.6 Å². The number of nitrogens with one attached hydrogen (secondary N) is 1. The molecule has 0 fully saturated rings. The van der Waals surface area contributed by atoms with Crippen LogP contribution in [0.25, 0.3) is 10.9 Å². The van der Waals surface area contributed by atoms with E-state index >= 15 is 0 Å². The van der Waals surface area contributed by atoms with Gasteiger partial charge in [-0.1, -0.05) is 18.2 Å². The summed E-state index contributed by atoms with van der Waals surface area (Å²) in [5, 5.41) is 1.18. The van der Waals surface area contributed by atoms with E-state index in [-0.39, 0.29) is 6.10 Å². The fraction of sp³-hybridized carbons (Fsp3) is 0.385. The van der Waals surface area contributed by atoms with Crippen LogP contribution in [-0.2, 0) is 27.1 Å². The molecule has 0 saturated heterocycles. The van der Waals surface area contributed by atoms with Gasteiger partial charge in [-0.05, 0) is 24.5 Å². The molecule has 1 N–H and O–H groups in total. The first-order valence-electron chi connectivity index (χ1n) is 5.99. The Morgan fingerprint density at radius 2 is 2.11 bits per heavy atom. The lowest BCUT2D eigenvalue weighted by molar-refractivity contribution is 0.194. The van der Waals surface area contributed by atoms with Gasteiger partial charge in [0, 0.05) is 23.0 Å². The Morgan fingerprint density at radius 1 is 1.33 bits per heavy atom. The zero-order valence-electron chi connectivity index (χ0n) is 10.1. The summed E-state index contributed by atoms with van der Waals surface area (Å²) in [5.74, 6) is 0. The number of aromatic nitrogens is 1. The van der Waals surface area contributed by atoms with Gasteiger partial charge in [-0.2, -0.15) is 8.42 Å². The zero-order valence-corrected chi connectivity index (χ0v) is 11.0. The Morgan fingerprint density at radius 3 is 2.89 bits per heavy atom. The summed E-state index contributed by atoms with van der Waals surface area (Å²) in [4.78, 5) is 3.39. The highest BCUT2D eigenvalue weighted by molar-refractivity contribution is 7.86. The molecule has 0 spiro atoms. The second kappa shape index (κ2) is 4.10. The number of H-pyrrole nitrogens is 1. The van der Waals surface area contributed by atoms with Crippen LogP contribution in [0.3, 0.4) is 0 Å². The number of rotatable bonds is 2. The van der Waals surface area contributed by atoms with E-state index in [1.165, 1.54) is 16.6 Å². The van der Waals surface area contributed by atoms with Crippen LogP contribution in [0.15, 0.2) is 24.3 Å². The lowest BCUT2D eigenvalue weighted by Crippen LogP contribution is -2.24. The second-order valence-corrected chi connectivity index (χ2v) is 6.39. The van der Waals surface area contributed by atoms with Gasteiger partial charge in [-0.25, -0.2) is 0 Å². The highest BCUT2D eigenvalue weighted by atomic mass is 32.2. The molecule has 5 heteroatoms. The van der Waals surface area contributed by atoms with Crippen molar-refractivity contribution in [2.24, 2.45) is 0 Å². The molecule has 96 valence electrons. The van der Waals surface area contributed by atoms with Gasteiger partial charge in [-0.3, -0.25) is 4.18 Å². The van der Waals surface area contributed by atoms with E-state index in [4.69, 9.17) is 4.18 Å². The summed E-state index contributed by atoms with van der Waals surface area (Å²) < 4.78 is 27.5. The van der Waals surface area contributed by atoms with E-state index in [0.717, 1.165) is 24.6 Å². The van der Waals surface area contributed by atoms with Gasteiger partial charge in [0.1, 0.15) is 0 Å². The van der Waals surface area contributed by atoms with E-state index in [2.05, 4.69) is 11.1 Å². The fourth-order valence-corrected chi connectivity index (χ4v) is 3.33. The van der Waals surface area contributed by atoms with Crippen molar-refractivity contribution in [3.63, 3.8) is 0 Å². The van der Waals surface area contributed by atoms with E-state index in [1.54, 1.807) is 0 Å². The molecule has 4 nitrogen and oxygen atoms in total. The van der Waals surface area contributed by atoms with E-state index in [1.807, 2.05) is 18.2 Å². The minimum Gasteiger partial charge on any atom is -0.358 e. The molecule has 2 aromatic rings. The number of benzene rings is 1. The largest absolute Gasteiger partial charge is 0.358 e. The van der Waals surface area contributed by atoms with Crippen LogP contribution in [-0.4, -0.2) is 25.8 Å². The third-order valence-electron chi connectivity index (χ3n) is 3.36. The average Bonchev–Trinajstić information content (AvgIpc) is 2.65. The molecule has 0 bridgehead atoms. The predicted molar refractivity (Wildman–Crippen MR) is 70.0 cm³/mol. The first kappa shape index (κ1) is 11.7. The molecule has 1 aromatic heterocycles. The Hall–Kier alpha value is -1.33. The Bertz CT molecular complexity index is 687. The van der Waals surface area contributed by atoms with Crippen molar-refractivity contribution in [2.75, 3.05) is 6.26 Å². The molecule has 0 amide bonds. The summed E-state index contributed by atoms with van der Waals surface area (Å²) in [6, 6.07) is 8.10. The standard InChI is InChI=1S/C13H15NO3S/c1-18(15,16)17-9-6-7-13-11(8-9)10-4-2-3-5-12(10)14-13/h2-5,9,14H,6-8H2,1H3/t9-/m0/s1. The van der Waals surface area contributed by atoms with Gasteiger partial charge < -0.3 is 4.98 Å². The minimum absolute atomic E-state index is 0.230. The molecule has 1 aromatic carbocycles. The fourth-order valence-electron chi connectivity index (χ4n) is 2.67. The molecular weight excluding hydrogens is 250 g/mol. The summed E-state index contributed by atoms with van der Waals surface area (Å²) in [6.45, 7) is 0. The van der Waals surface area contributed by atoms with Crippen molar-refractivity contribution in [1.29, 1.82) is 0 Å². The molecular formula is C13H15NO3S. The molecule has 1 aliphatic carbocycles. The molecule has 0 aliphatic heterocycles. The van der Waals surface area contributed by atoms with E-state index in [0.29, 0.717) is 6.42 Å². The zero-order chi connectivity index (χ0) is 12.8. The van der Waals surface area contributed by atoms with Crippen molar-refractivity contribution in [2.45, 2.75) is 25.4 Å². The van der Waals surface area contributed by atoms with Gasteiger partial charge in [0.25, 0.3) is 10.1 Å². The van der Waals surface area contributed by atoms with Crippen LogP contribution in [0.2, 0.25) is 0 Å². The molecule has 1 aliphatic rings. The number of hydrogen-bond donors (Lipinski definition) is 1. The maximum absolute atomic E-state index is 11.2. The molecule has 0 saturated carbocycles. The lowest BCUT2D eigenvalue weighted by atomic mass is 9.93. The van der Waals surface area contributed by atoms with Crippen LogP contribution < -0.4 is 0 Å². The topological polar surface area (TPSA) is 59.2 Å². The Balaban J connectivity index is 1.96. The number of fused-ring (bicyclic) bond motifs is 3. The van der Waals surface area contributed by atoms with Crippen LogP contribution >= 0.6 is 0 Å². The minimum atomic E-state index is -3.37. The van der Waals surface area contributed by atoms with Gasteiger partial charge in [0.05, 0.1) is 12.4 Å². The van der Waals surface area contributed by atoms with Gasteiger partial charge >= 0.3 is 0 Å². The third kappa shape index (κ3) is 2.15. The van der Waals surface area contributed by atoms with Crippen molar-refractivity contribution >= 4 is 21.0 Å². The number of para-hydroxylation sites is 1. The quantitative estimate of drug-likeness (QED) is 0.845. The molecule has 0 unspecified atom stereocenters. The monoisotopic (exact) mass is 265 g/mol. The van der Waals surface area contributed by atoms with E-state index < -0.39 is 10.1 Å². The number of aryl methyl sites for hydroxylation is 1. The third-order valence-corrected chi connectivity index (χ3v) is 3.98. The van der Waals surface area contributed by atoms with Crippen LogP contribution in [0, 0.1) is 0 Å². The van der Waals surface area contributed by atoms with Gasteiger partial charge in [0.15, 0.2) is 0 Å². The Labute approximate surface area is 106 Å². The summed E-state index contributed by atoms with van der Waals surface area (Å²) in [5.41, 5.74) is 3.53. The van der Waals surface area contributed by atoms with Crippen molar-refractivity contribution in [3.8, 4) is 0 Å².